The number of para-hydroxylation sites is 2. The number of benzene rings is 1. The van der Waals surface area contributed by atoms with E-state index in [0.717, 1.165) is 36.4 Å². The number of fused-ring (bicyclic) bond motifs is 1. The molecular formula is C15H19N3O. The molecule has 1 aromatic heterocycles. The highest BCUT2D eigenvalue weighted by Gasteiger charge is 2.20. The van der Waals surface area contributed by atoms with Gasteiger partial charge in [0, 0.05) is 19.7 Å². The number of anilines is 1. The predicted octanol–water partition coefficient (Wildman–Crippen LogP) is 2.23. The van der Waals surface area contributed by atoms with Crippen LogP contribution in [0, 0.1) is 5.92 Å². The van der Waals surface area contributed by atoms with Gasteiger partial charge < -0.3 is 10.0 Å². The summed E-state index contributed by atoms with van der Waals surface area (Å²) in [6, 6.07) is 7.96. The number of aromatic nitrogens is 2. The van der Waals surface area contributed by atoms with Gasteiger partial charge in [0.2, 0.25) is 0 Å². The molecule has 0 bridgehead atoms. The Labute approximate surface area is 113 Å². The van der Waals surface area contributed by atoms with Crippen LogP contribution in [0.5, 0.6) is 0 Å². The first kappa shape index (κ1) is 12.4. The number of piperidine rings is 1. The Balaban J connectivity index is 1.83. The van der Waals surface area contributed by atoms with E-state index in [0.29, 0.717) is 5.92 Å². The lowest BCUT2D eigenvalue weighted by Crippen LogP contribution is -2.36. The Morgan fingerprint density at radius 3 is 2.95 bits per heavy atom. The second-order valence-corrected chi connectivity index (χ2v) is 5.18. The van der Waals surface area contributed by atoms with E-state index in [-0.39, 0.29) is 6.61 Å². The van der Waals surface area contributed by atoms with Crippen molar-refractivity contribution in [2.75, 3.05) is 24.6 Å². The maximum atomic E-state index is 9.07. The van der Waals surface area contributed by atoms with Crippen LogP contribution < -0.4 is 4.90 Å². The minimum atomic E-state index is 0.280. The molecule has 2 heterocycles. The van der Waals surface area contributed by atoms with E-state index in [9.17, 15) is 0 Å². The summed E-state index contributed by atoms with van der Waals surface area (Å²) in [6.45, 7) is 2.30. The Morgan fingerprint density at radius 2 is 2.11 bits per heavy atom. The first-order chi connectivity index (χ1) is 9.36. The quantitative estimate of drug-likeness (QED) is 0.916. The van der Waals surface area contributed by atoms with E-state index in [2.05, 4.69) is 9.88 Å². The zero-order valence-corrected chi connectivity index (χ0v) is 11.0. The number of nitrogens with zero attached hydrogens (tertiary/aromatic N) is 3. The molecule has 0 spiro atoms. The largest absolute Gasteiger partial charge is 0.396 e. The third kappa shape index (κ3) is 2.68. The molecule has 0 aliphatic carbocycles. The van der Waals surface area contributed by atoms with Crippen LogP contribution >= 0.6 is 0 Å². The summed E-state index contributed by atoms with van der Waals surface area (Å²) >= 11 is 0. The number of rotatable bonds is 3. The van der Waals surface area contributed by atoms with Crippen LogP contribution in [-0.4, -0.2) is 34.8 Å². The maximum absolute atomic E-state index is 9.07. The van der Waals surface area contributed by atoms with Gasteiger partial charge in [0.05, 0.1) is 17.2 Å². The van der Waals surface area contributed by atoms with Gasteiger partial charge in [-0.3, -0.25) is 4.98 Å². The molecule has 0 amide bonds. The standard InChI is InChI=1S/C15H19N3O/c19-9-7-12-4-3-8-18(11-12)15-10-16-13-5-1-2-6-14(13)17-15/h1-2,5-6,10,12,19H,3-4,7-9,11H2. The molecule has 100 valence electrons. The van der Waals surface area contributed by atoms with Gasteiger partial charge >= 0.3 is 0 Å². The summed E-state index contributed by atoms with van der Waals surface area (Å²) < 4.78 is 0. The molecule has 19 heavy (non-hydrogen) atoms. The van der Waals surface area contributed by atoms with Crippen molar-refractivity contribution in [3.8, 4) is 0 Å². The van der Waals surface area contributed by atoms with E-state index in [1.165, 1.54) is 12.8 Å². The summed E-state index contributed by atoms with van der Waals surface area (Å²) in [6.07, 6.45) is 5.12. The van der Waals surface area contributed by atoms with Crippen LogP contribution in [0.25, 0.3) is 11.0 Å². The molecule has 1 fully saturated rings. The van der Waals surface area contributed by atoms with E-state index in [1.54, 1.807) is 0 Å². The fourth-order valence-electron chi connectivity index (χ4n) is 2.79. The molecule has 2 aromatic rings. The van der Waals surface area contributed by atoms with Crippen LogP contribution in [-0.2, 0) is 0 Å². The van der Waals surface area contributed by atoms with Gasteiger partial charge in [-0.15, -0.1) is 0 Å². The fourth-order valence-corrected chi connectivity index (χ4v) is 2.79. The van der Waals surface area contributed by atoms with Gasteiger partial charge in [-0.1, -0.05) is 12.1 Å². The summed E-state index contributed by atoms with van der Waals surface area (Å²) in [5.41, 5.74) is 1.89. The van der Waals surface area contributed by atoms with Crippen molar-refractivity contribution in [3.05, 3.63) is 30.5 Å². The van der Waals surface area contributed by atoms with Gasteiger partial charge in [0.15, 0.2) is 0 Å². The zero-order chi connectivity index (χ0) is 13.1. The predicted molar refractivity (Wildman–Crippen MR) is 76.2 cm³/mol. The topological polar surface area (TPSA) is 49.2 Å². The molecule has 1 N–H and O–H groups in total. The lowest BCUT2D eigenvalue weighted by molar-refractivity contribution is 0.244. The molecule has 4 heteroatoms. The van der Waals surface area contributed by atoms with Crippen LogP contribution in [0.3, 0.4) is 0 Å². The van der Waals surface area contributed by atoms with Crippen molar-refractivity contribution < 1.29 is 5.11 Å². The summed E-state index contributed by atoms with van der Waals surface area (Å²) in [7, 11) is 0. The number of hydrogen-bond donors (Lipinski definition) is 1. The Morgan fingerprint density at radius 1 is 1.26 bits per heavy atom. The Bertz CT molecular complexity index is 556. The van der Waals surface area contributed by atoms with Crippen molar-refractivity contribution in [3.63, 3.8) is 0 Å². The van der Waals surface area contributed by atoms with Crippen LogP contribution in [0.15, 0.2) is 30.5 Å². The van der Waals surface area contributed by atoms with Crippen molar-refractivity contribution in [2.45, 2.75) is 19.3 Å². The highest BCUT2D eigenvalue weighted by atomic mass is 16.3. The highest BCUT2D eigenvalue weighted by Crippen LogP contribution is 2.24. The third-order valence-electron chi connectivity index (χ3n) is 3.82. The second kappa shape index (κ2) is 5.53. The summed E-state index contributed by atoms with van der Waals surface area (Å²) in [5, 5.41) is 9.07. The van der Waals surface area contributed by atoms with Crippen LogP contribution in [0.1, 0.15) is 19.3 Å². The van der Waals surface area contributed by atoms with E-state index < -0.39 is 0 Å². The molecular weight excluding hydrogens is 238 g/mol. The lowest BCUT2D eigenvalue weighted by Gasteiger charge is -2.33. The van der Waals surface area contributed by atoms with Gasteiger partial charge in [-0.2, -0.15) is 0 Å². The average Bonchev–Trinajstić information content (AvgIpc) is 2.47. The first-order valence-electron chi connectivity index (χ1n) is 6.94. The number of aliphatic hydroxyl groups excluding tert-OH is 1. The van der Waals surface area contributed by atoms with Gasteiger partial charge in [-0.05, 0) is 37.3 Å². The van der Waals surface area contributed by atoms with Crippen LogP contribution in [0.2, 0.25) is 0 Å². The zero-order valence-electron chi connectivity index (χ0n) is 11.0. The highest BCUT2D eigenvalue weighted by molar-refractivity contribution is 5.75. The Kier molecular flexibility index (Phi) is 3.60. The summed E-state index contributed by atoms with van der Waals surface area (Å²) in [4.78, 5) is 11.5. The molecule has 1 atom stereocenters. The monoisotopic (exact) mass is 257 g/mol. The third-order valence-corrected chi connectivity index (χ3v) is 3.82. The molecule has 0 radical (unpaired) electrons. The SMILES string of the molecule is OCCC1CCCN(c2cnc3ccccc3n2)C1. The molecule has 1 saturated heterocycles. The molecule has 1 aliphatic heterocycles. The minimum absolute atomic E-state index is 0.280. The van der Waals surface area contributed by atoms with E-state index in [1.807, 2.05) is 30.5 Å². The van der Waals surface area contributed by atoms with Gasteiger partial charge in [0.1, 0.15) is 5.82 Å². The normalized spacial score (nSPS) is 19.8. The Hall–Kier alpha value is -1.68. The second-order valence-electron chi connectivity index (χ2n) is 5.18. The smallest absolute Gasteiger partial charge is 0.147 e. The maximum Gasteiger partial charge on any atom is 0.147 e. The average molecular weight is 257 g/mol. The van der Waals surface area contributed by atoms with E-state index in [4.69, 9.17) is 10.1 Å². The molecule has 3 rings (SSSR count). The number of aliphatic hydroxyl groups is 1. The lowest BCUT2D eigenvalue weighted by atomic mass is 9.95. The first-order valence-corrected chi connectivity index (χ1v) is 6.94. The molecule has 4 nitrogen and oxygen atoms in total. The van der Waals surface area contributed by atoms with Crippen molar-refractivity contribution >= 4 is 16.9 Å². The molecule has 1 aromatic carbocycles. The van der Waals surface area contributed by atoms with Crippen molar-refractivity contribution in [2.24, 2.45) is 5.92 Å². The molecule has 1 unspecified atom stereocenters. The summed E-state index contributed by atoms with van der Waals surface area (Å²) in [5.74, 6) is 1.54. The number of hydrogen-bond acceptors (Lipinski definition) is 4. The van der Waals surface area contributed by atoms with Crippen molar-refractivity contribution in [1.29, 1.82) is 0 Å². The minimum Gasteiger partial charge on any atom is -0.396 e. The van der Waals surface area contributed by atoms with Gasteiger partial charge in [-0.25, -0.2) is 4.98 Å². The molecule has 0 saturated carbocycles. The van der Waals surface area contributed by atoms with Crippen molar-refractivity contribution in [1.82, 2.24) is 9.97 Å². The fraction of sp³-hybridized carbons (Fsp3) is 0.467. The van der Waals surface area contributed by atoms with E-state index >= 15 is 0 Å². The van der Waals surface area contributed by atoms with Gasteiger partial charge in [0.25, 0.3) is 0 Å². The molecule has 1 aliphatic rings. The van der Waals surface area contributed by atoms with Crippen LogP contribution in [0.4, 0.5) is 5.82 Å².